The number of carbonyl (C=O) groups excluding carboxylic acids is 2. The molecule has 0 atom stereocenters. The largest absolute Gasteiger partial charge is 0.386 e. The first kappa shape index (κ1) is 11.9. The average molecular weight is 304 g/mol. The fraction of sp³-hybridized carbons (Fsp3) is 0. The summed E-state index contributed by atoms with van der Waals surface area (Å²) in [6.07, 6.45) is 0. The van der Waals surface area contributed by atoms with E-state index >= 15 is 0 Å². The fourth-order valence-corrected chi connectivity index (χ4v) is 4.32. The molecule has 0 fully saturated rings. The Kier molecular flexibility index (Phi) is 2.12. The minimum absolute atomic E-state index is 0.361. The van der Waals surface area contributed by atoms with E-state index in [0.717, 1.165) is 26.2 Å². The van der Waals surface area contributed by atoms with Crippen LogP contribution in [0.2, 0.25) is 0 Å². The molecule has 2 heterocycles. The number of benzene rings is 3. The zero-order chi connectivity index (χ0) is 14.8. The van der Waals surface area contributed by atoms with Crippen LogP contribution in [0.4, 0.5) is 0 Å². The van der Waals surface area contributed by atoms with E-state index < -0.39 is 11.9 Å². The Hall–Kier alpha value is -2.72. The van der Waals surface area contributed by atoms with Crippen LogP contribution >= 0.6 is 11.3 Å². The van der Waals surface area contributed by atoms with Crippen LogP contribution in [-0.4, -0.2) is 11.9 Å². The quantitative estimate of drug-likeness (QED) is 0.354. The molecule has 0 N–H and O–H groups in total. The van der Waals surface area contributed by atoms with Crippen LogP contribution in [0.1, 0.15) is 20.7 Å². The lowest BCUT2D eigenvalue weighted by Crippen LogP contribution is -1.97. The van der Waals surface area contributed by atoms with Gasteiger partial charge in [0.15, 0.2) is 0 Å². The number of carbonyl (C=O) groups is 2. The third kappa shape index (κ3) is 1.35. The second kappa shape index (κ2) is 3.93. The number of hydrogen-bond acceptors (Lipinski definition) is 4. The molecule has 0 unspecified atom stereocenters. The zero-order valence-electron chi connectivity index (χ0n) is 11.3. The van der Waals surface area contributed by atoms with E-state index in [1.807, 2.05) is 24.3 Å². The molecule has 1 aliphatic heterocycles. The predicted molar refractivity (Wildman–Crippen MR) is 86.6 cm³/mol. The van der Waals surface area contributed by atoms with Crippen molar-refractivity contribution in [1.29, 1.82) is 0 Å². The SMILES string of the molecule is O=C1OC(=O)c2c1ccc1ccc3sc4ccccc4c3c21. The van der Waals surface area contributed by atoms with Crippen molar-refractivity contribution in [2.75, 3.05) is 0 Å². The summed E-state index contributed by atoms with van der Waals surface area (Å²) in [5.41, 5.74) is 0.761. The first-order valence-corrected chi connectivity index (χ1v) is 7.69. The molecule has 3 aromatic carbocycles. The van der Waals surface area contributed by atoms with Gasteiger partial charge in [-0.25, -0.2) is 9.59 Å². The highest BCUT2D eigenvalue weighted by molar-refractivity contribution is 7.26. The van der Waals surface area contributed by atoms with Gasteiger partial charge in [-0.1, -0.05) is 30.3 Å². The highest BCUT2D eigenvalue weighted by atomic mass is 32.1. The Morgan fingerprint density at radius 1 is 0.773 bits per heavy atom. The van der Waals surface area contributed by atoms with Gasteiger partial charge in [-0.05, 0) is 23.6 Å². The van der Waals surface area contributed by atoms with E-state index in [1.165, 1.54) is 4.70 Å². The first-order chi connectivity index (χ1) is 10.7. The highest BCUT2D eigenvalue weighted by Crippen LogP contribution is 2.41. The maximum atomic E-state index is 12.2. The smallest absolute Gasteiger partial charge is 0.347 e. The molecule has 0 aliphatic carbocycles. The molecular weight excluding hydrogens is 296 g/mol. The zero-order valence-corrected chi connectivity index (χ0v) is 12.1. The Morgan fingerprint density at radius 2 is 1.59 bits per heavy atom. The lowest BCUT2D eigenvalue weighted by atomic mass is 9.96. The number of ether oxygens (including phenoxy) is 1. The molecule has 4 heteroatoms. The van der Waals surface area contributed by atoms with Gasteiger partial charge in [0.2, 0.25) is 0 Å². The molecule has 3 nitrogen and oxygen atoms in total. The molecular formula is C18H8O3S. The van der Waals surface area contributed by atoms with E-state index in [4.69, 9.17) is 4.74 Å². The van der Waals surface area contributed by atoms with Gasteiger partial charge in [-0.2, -0.15) is 0 Å². The maximum absolute atomic E-state index is 12.2. The van der Waals surface area contributed by atoms with Crippen molar-refractivity contribution in [2.45, 2.75) is 0 Å². The van der Waals surface area contributed by atoms with Gasteiger partial charge in [0, 0.05) is 25.6 Å². The molecule has 0 bridgehead atoms. The number of cyclic esters (lactones) is 2. The summed E-state index contributed by atoms with van der Waals surface area (Å²) in [6.45, 7) is 0. The van der Waals surface area contributed by atoms with Crippen LogP contribution in [0.5, 0.6) is 0 Å². The maximum Gasteiger partial charge on any atom is 0.347 e. The second-order valence-electron chi connectivity index (χ2n) is 5.30. The van der Waals surface area contributed by atoms with Gasteiger partial charge < -0.3 is 4.74 Å². The van der Waals surface area contributed by atoms with Crippen LogP contribution in [0.3, 0.4) is 0 Å². The molecule has 0 spiro atoms. The van der Waals surface area contributed by atoms with Crippen molar-refractivity contribution >= 4 is 54.2 Å². The van der Waals surface area contributed by atoms with Crippen LogP contribution in [0.25, 0.3) is 30.9 Å². The second-order valence-corrected chi connectivity index (χ2v) is 6.38. The monoisotopic (exact) mass is 304 g/mol. The minimum atomic E-state index is -0.557. The number of fused-ring (bicyclic) bond motifs is 7. The standard InChI is InChI=1S/C18H8O3S/c19-17-11-7-5-9-6-8-13-15(14(9)16(11)18(20)21-17)10-3-1-2-4-12(10)22-13/h1-8H. The van der Waals surface area contributed by atoms with E-state index in [2.05, 4.69) is 18.2 Å². The molecule has 22 heavy (non-hydrogen) atoms. The highest BCUT2D eigenvalue weighted by Gasteiger charge is 2.32. The summed E-state index contributed by atoms with van der Waals surface area (Å²) >= 11 is 1.69. The summed E-state index contributed by atoms with van der Waals surface area (Å²) in [6, 6.07) is 15.7. The van der Waals surface area contributed by atoms with Crippen molar-refractivity contribution < 1.29 is 14.3 Å². The van der Waals surface area contributed by atoms with Gasteiger partial charge in [-0.15, -0.1) is 11.3 Å². The lowest BCUT2D eigenvalue weighted by Gasteiger charge is -2.04. The third-order valence-corrected chi connectivity index (χ3v) is 5.27. The normalized spacial score (nSPS) is 14.0. The van der Waals surface area contributed by atoms with Gasteiger partial charge in [0.05, 0.1) is 11.1 Å². The van der Waals surface area contributed by atoms with Gasteiger partial charge in [0.25, 0.3) is 0 Å². The van der Waals surface area contributed by atoms with Crippen LogP contribution < -0.4 is 0 Å². The van der Waals surface area contributed by atoms with E-state index in [-0.39, 0.29) is 0 Å². The van der Waals surface area contributed by atoms with Gasteiger partial charge in [0.1, 0.15) is 0 Å². The molecule has 1 aliphatic rings. The number of hydrogen-bond donors (Lipinski definition) is 0. The van der Waals surface area contributed by atoms with Crippen molar-refractivity contribution in [3.8, 4) is 0 Å². The van der Waals surface area contributed by atoms with E-state index in [9.17, 15) is 9.59 Å². The van der Waals surface area contributed by atoms with E-state index in [0.29, 0.717) is 11.1 Å². The van der Waals surface area contributed by atoms with E-state index in [1.54, 1.807) is 17.4 Å². The summed E-state index contributed by atoms with van der Waals surface area (Å²) in [4.78, 5) is 24.0. The summed E-state index contributed by atoms with van der Waals surface area (Å²) in [7, 11) is 0. The Bertz CT molecular complexity index is 1140. The third-order valence-electron chi connectivity index (χ3n) is 4.13. The summed E-state index contributed by atoms with van der Waals surface area (Å²) < 4.78 is 7.08. The van der Waals surface area contributed by atoms with Crippen LogP contribution in [-0.2, 0) is 4.74 Å². The first-order valence-electron chi connectivity index (χ1n) is 6.87. The predicted octanol–water partition coefficient (Wildman–Crippen LogP) is 4.52. The average Bonchev–Trinajstić information content (AvgIpc) is 3.05. The molecule has 0 saturated carbocycles. The topological polar surface area (TPSA) is 43.4 Å². The van der Waals surface area contributed by atoms with Crippen molar-refractivity contribution in [2.24, 2.45) is 0 Å². The summed E-state index contributed by atoms with van der Waals surface area (Å²) in [5, 5.41) is 3.90. The van der Waals surface area contributed by atoms with Crippen molar-refractivity contribution in [3.63, 3.8) is 0 Å². The number of esters is 2. The molecule has 0 radical (unpaired) electrons. The molecule has 4 aromatic rings. The molecule has 5 rings (SSSR count). The minimum Gasteiger partial charge on any atom is -0.386 e. The van der Waals surface area contributed by atoms with Crippen LogP contribution in [0.15, 0.2) is 48.5 Å². The molecule has 0 amide bonds. The van der Waals surface area contributed by atoms with Gasteiger partial charge >= 0.3 is 11.9 Å². The fourth-order valence-electron chi connectivity index (χ4n) is 3.20. The molecule has 0 saturated heterocycles. The van der Waals surface area contributed by atoms with Crippen molar-refractivity contribution in [3.05, 3.63) is 59.7 Å². The Morgan fingerprint density at radius 3 is 2.50 bits per heavy atom. The number of thiophene rings is 1. The number of rotatable bonds is 0. The van der Waals surface area contributed by atoms with Gasteiger partial charge in [-0.3, -0.25) is 0 Å². The lowest BCUT2D eigenvalue weighted by molar-refractivity contribution is 0.0444. The Labute approximate surface area is 128 Å². The van der Waals surface area contributed by atoms with Crippen molar-refractivity contribution in [1.82, 2.24) is 0 Å². The molecule has 104 valence electrons. The molecule has 1 aromatic heterocycles. The van der Waals surface area contributed by atoms with Crippen LogP contribution in [0, 0.1) is 0 Å². The Balaban J connectivity index is 2.13. The summed E-state index contributed by atoms with van der Waals surface area (Å²) in [5.74, 6) is -1.10.